The molecule has 0 aromatic heterocycles. The molecule has 0 unspecified atom stereocenters. The number of hydrogen-bond donors (Lipinski definition) is 0. The van der Waals surface area contributed by atoms with Crippen molar-refractivity contribution < 1.29 is 31.2 Å². The minimum atomic E-state index is -4.62. The summed E-state index contributed by atoms with van der Waals surface area (Å²) < 4.78 is 61.1. The lowest BCUT2D eigenvalue weighted by molar-refractivity contribution is -0.121. The number of ether oxygens (including phenoxy) is 1. The van der Waals surface area contributed by atoms with E-state index in [1.165, 1.54) is 48.5 Å². The molecule has 0 spiro atoms. The van der Waals surface area contributed by atoms with Crippen LogP contribution in [0.1, 0.15) is 43.9 Å². The molecule has 44 heavy (non-hydrogen) atoms. The molecule has 0 bridgehead atoms. The maximum atomic E-state index is 14.8. The van der Waals surface area contributed by atoms with Gasteiger partial charge < -0.3 is 4.74 Å². The largest absolute Gasteiger partial charge is 0.443 e. The molecule has 0 aliphatic carbocycles. The van der Waals surface area contributed by atoms with Gasteiger partial charge in [-0.15, -0.1) is 0 Å². The molecular formula is C34H33NO7S2. The zero-order chi connectivity index (χ0) is 31.9. The van der Waals surface area contributed by atoms with E-state index in [1.54, 1.807) is 75.4 Å². The van der Waals surface area contributed by atoms with E-state index >= 15 is 0 Å². The predicted octanol–water partition coefficient (Wildman–Crippen LogP) is 6.23. The number of carbonyl (C=O) groups is 2. The highest BCUT2D eigenvalue weighted by Crippen LogP contribution is 2.51. The number of benzene rings is 4. The van der Waals surface area contributed by atoms with Crippen molar-refractivity contribution in [2.24, 2.45) is 0 Å². The number of rotatable bonds is 7. The number of anilines is 1. The molecule has 2 amide bonds. The smallest absolute Gasteiger partial charge is 0.421 e. The van der Waals surface area contributed by atoms with Crippen molar-refractivity contribution >= 4 is 37.4 Å². The molecule has 5 rings (SSSR count). The van der Waals surface area contributed by atoms with E-state index < -0.39 is 53.7 Å². The standard InChI is InChI=1S/C34H33NO7S2/c1-24-14-13-15-25(22-24)34(28-20-11-12-21-29(28)35(31(34)36)32(37)42-33(2,3)4)23-30(43(38,39)26-16-7-5-8-17-26)44(40,41)27-18-9-6-10-19-27/h5-22,30H,23H2,1-4H3/t34-/m1/s1. The first-order valence-electron chi connectivity index (χ1n) is 14.0. The number of para-hydroxylation sites is 1. The van der Waals surface area contributed by atoms with Crippen LogP contribution in [0.2, 0.25) is 0 Å². The quantitative estimate of drug-likeness (QED) is 0.238. The number of nitrogens with zero attached hydrogens (tertiary/aromatic N) is 1. The zero-order valence-corrected chi connectivity index (χ0v) is 26.4. The minimum Gasteiger partial charge on any atom is -0.443 e. The number of carbonyl (C=O) groups excluding carboxylic acids is 2. The van der Waals surface area contributed by atoms with Gasteiger partial charge in [-0.1, -0.05) is 84.4 Å². The van der Waals surface area contributed by atoms with Crippen LogP contribution in [0, 0.1) is 6.92 Å². The highest BCUT2D eigenvalue weighted by Gasteiger charge is 2.59. The molecule has 1 aliphatic rings. The van der Waals surface area contributed by atoms with Crippen LogP contribution in [0.5, 0.6) is 0 Å². The first-order chi connectivity index (χ1) is 20.7. The Bertz CT molecular complexity index is 1860. The monoisotopic (exact) mass is 631 g/mol. The lowest BCUT2D eigenvalue weighted by Gasteiger charge is -2.33. The van der Waals surface area contributed by atoms with E-state index in [4.69, 9.17) is 4.74 Å². The summed E-state index contributed by atoms with van der Waals surface area (Å²) >= 11 is 0. The van der Waals surface area contributed by atoms with Gasteiger partial charge in [0.25, 0.3) is 5.91 Å². The summed E-state index contributed by atoms with van der Waals surface area (Å²) in [6.45, 7) is 6.81. The van der Waals surface area contributed by atoms with Gasteiger partial charge >= 0.3 is 6.09 Å². The van der Waals surface area contributed by atoms with Crippen LogP contribution in [0.25, 0.3) is 0 Å². The van der Waals surface area contributed by atoms with Crippen LogP contribution in [0.3, 0.4) is 0 Å². The first-order valence-corrected chi connectivity index (χ1v) is 17.1. The molecule has 1 heterocycles. The summed E-state index contributed by atoms with van der Waals surface area (Å²) in [5.74, 6) is -0.796. The summed E-state index contributed by atoms with van der Waals surface area (Å²) in [4.78, 5) is 28.9. The average molecular weight is 632 g/mol. The molecule has 4 aromatic rings. The second-order valence-corrected chi connectivity index (χ2v) is 16.3. The van der Waals surface area contributed by atoms with Gasteiger partial charge in [0.15, 0.2) is 24.3 Å². The Morgan fingerprint density at radius 2 is 1.30 bits per heavy atom. The molecule has 4 aromatic carbocycles. The predicted molar refractivity (Wildman–Crippen MR) is 168 cm³/mol. The fourth-order valence-electron chi connectivity index (χ4n) is 5.60. The number of imide groups is 1. The van der Waals surface area contributed by atoms with E-state index in [-0.39, 0.29) is 15.5 Å². The van der Waals surface area contributed by atoms with Gasteiger partial charge in [-0.25, -0.2) is 26.5 Å². The number of sulfone groups is 2. The van der Waals surface area contributed by atoms with Gasteiger partial charge in [0.05, 0.1) is 15.5 Å². The lowest BCUT2D eigenvalue weighted by Crippen LogP contribution is -2.49. The highest BCUT2D eigenvalue weighted by molar-refractivity contribution is 8.09. The van der Waals surface area contributed by atoms with Gasteiger partial charge in [-0.2, -0.15) is 0 Å². The number of fused-ring (bicyclic) bond motifs is 1. The van der Waals surface area contributed by atoms with Crippen LogP contribution < -0.4 is 4.90 Å². The van der Waals surface area contributed by atoms with Crippen molar-refractivity contribution in [3.05, 3.63) is 126 Å². The van der Waals surface area contributed by atoms with Crippen LogP contribution in [0.4, 0.5) is 10.5 Å². The average Bonchev–Trinajstić information content (AvgIpc) is 3.24. The molecule has 10 heteroatoms. The second kappa shape index (κ2) is 11.3. The Hall–Kier alpha value is -4.28. The number of amides is 2. The van der Waals surface area contributed by atoms with E-state index in [0.29, 0.717) is 11.1 Å². The topological polar surface area (TPSA) is 115 Å². The summed E-state index contributed by atoms with van der Waals surface area (Å²) in [5.41, 5.74) is -1.21. The van der Waals surface area contributed by atoms with Crippen LogP contribution in [0.15, 0.2) is 119 Å². The van der Waals surface area contributed by atoms with E-state index in [1.807, 2.05) is 13.0 Å². The Morgan fingerprint density at radius 3 is 1.82 bits per heavy atom. The fraction of sp³-hybridized carbons (Fsp3) is 0.235. The van der Waals surface area contributed by atoms with Crippen molar-refractivity contribution in [1.82, 2.24) is 0 Å². The van der Waals surface area contributed by atoms with Gasteiger partial charge in [0.2, 0.25) is 0 Å². The maximum Gasteiger partial charge on any atom is 0.421 e. The second-order valence-electron chi connectivity index (χ2n) is 11.8. The molecule has 8 nitrogen and oxygen atoms in total. The number of aryl methyl sites for hydroxylation is 1. The van der Waals surface area contributed by atoms with E-state index in [2.05, 4.69) is 0 Å². The Morgan fingerprint density at radius 1 is 0.773 bits per heavy atom. The highest BCUT2D eigenvalue weighted by atomic mass is 32.3. The van der Waals surface area contributed by atoms with Gasteiger partial charge in [0, 0.05) is 6.42 Å². The van der Waals surface area contributed by atoms with Crippen LogP contribution in [-0.4, -0.2) is 39.0 Å². The summed E-state index contributed by atoms with van der Waals surface area (Å²) in [5, 5.41) is 0. The third-order valence-electron chi connectivity index (χ3n) is 7.57. The van der Waals surface area contributed by atoms with Crippen molar-refractivity contribution in [3.8, 4) is 0 Å². The molecule has 0 saturated heterocycles. The van der Waals surface area contributed by atoms with Crippen molar-refractivity contribution in [2.45, 2.75) is 59.5 Å². The van der Waals surface area contributed by atoms with Gasteiger partial charge in [-0.3, -0.25) is 4.79 Å². The lowest BCUT2D eigenvalue weighted by atomic mass is 9.73. The third kappa shape index (κ3) is 5.44. The Labute approximate surface area is 258 Å². The Balaban J connectivity index is 1.82. The SMILES string of the molecule is Cc1cccc([C@@]2(CC(S(=O)(=O)c3ccccc3)S(=O)(=O)c3ccccc3)C(=O)N(C(=O)OC(C)(C)C)c3ccccc32)c1. The summed E-state index contributed by atoms with van der Waals surface area (Å²) in [6.07, 6.45) is -1.64. The molecule has 0 radical (unpaired) electrons. The molecule has 1 atom stereocenters. The summed E-state index contributed by atoms with van der Waals surface area (Å²) in [7, 11) is -9.24. The van der Waals surface area contributed by atoms with Gasteiger partial charge in [-0.05, 0) is 69.2 Å². The van der Waals surface area contributed by atoms with E-state index in [9.17, 15) is 26.4 Å². The molecule has 1 aliphatic heterocycles. The summed E-state index contributed by atoms with van der Waals surface area (Å²) in [6, 6.07) is 28.0. The molecule has 0 fully saturated rings. The number of hydrogen-bond acceptors (Lipinski definition) is 7. The van der Waals surface area contributed by atoms with Crippen LogP contribution in [-0.2, 0) is 34.6 Å². The maximum absolute atomic E-state index is 14.8. The van der Waals surface area contributed by atoms with Crippen molar-refractivity contribution in [3.63, 3.8) is 0 Å². The fourth-order valence-corrected chi connectivity index (χ4v) is 10.2. The molecule has 0 N–H and O–H groups in total. The third-order valence-corrected chi connectivity index (χ3v) is 12.7. The first kappa shape index (κ1) is 31.2. The van der Waals surface area contributed by atoms with E-state index in [0.717, 1.165) is 10.5 Å². The zero-order valence-electron chi connectivity index (χ0n) is 24.8. The van der Waals surface area contributed by atoms with Crippen molar-refractivity contribution in [2.75, 3.05) is 4.90 Å². The van der Waals surface area contributed by atoms with Crippen molar-refractivity contribution in [1.29, 1.82) is 0 Å². The molecular weight excluding hydrogens is 599 g/mol. The van der Waals surface area contributed by atoms with Gasteiger partial charge in [0.1, 0.15) is 11.0 Å². The minimum absolute atomic E-state index is 0.196. The van der Waals surface area contributed by atoms with Crippen LogP contribution >= 0.6 is 0 Å². The Kier molecular flexibility index (Phi) is 8.02. The molecule has 228 valence electrons. The normalized spacial score (nSPS) is 17.0. The molecule has 0 saturated carbocycles.